The van der Waals surface area contributed by atoms with Gasteiger partial charge in [0.15, 0.2) is 0 Å². The van der Waals surface area contributed by atoms with Crippen molar-refractivity contribution in [2.75, 3.05) is 38.3 Å². The summed E-state index contributed by atoms with van der Waals surface area (Å²) in [5.74, 6) is -0.344. The molecule has 1 saturated heterocycles. The molecule has 2 aliphatic heterocycles. The fraction of sp³-hybridized carbons (Fsp3) is 0.292. The highest BCUT2D eigenvalue weighted by atomic mass is 32.1. The summed E-state index contributed by atoms with van der Waals surface area (Å²) in [6.07, 6.45) is -0.252. The molecule has 0 radical (unpaired) electrons. The van der Waals surface area contributed by atoms with E-state index >= 15 is 0 Å². The van der Waals surface area contributed by atoms with Crippen LogP contribution in [0.3, 0.4) is 0 Å². The number of morpholine rings is 1. The van der Waals surface area contributed by atoms with Crippen molar-refractivity contribution in [3.05, 3.63) is 65.2 Å². The molecule has 3 heterocycles. The normalized spacial score (nSPS) is 16.3. The van der Waals surface area contributed by atoms with Crippen LogP contribution in [-0.4, -0.2) is 64.8 Å². The number of imide groups is 1. The molecule has 1 unspecified atom stereocenters. The first-order chi connectivity index (χ1) is 17.1. The summed E-state index contributed by atoms with van der Waals surface area (Å²) in [6, 6.07) is 12.6. The SMILES string of the molecule is COc1ccc(C(CC(=O)Oc2nsnc2N2CCOCC2)N2C(=O)c3ccccc3C2=O)cc1. The summed E-state index contributed by atoms with van der Waals surface area (Å²) in [5.41, 5.74) is 1.22. The molecule has 0 aliphatic carbocycles. The Balaban J connectivity index is 1.41. The Kier molecular flexibility index (Phi) is 6.43. The van der Waals surface area contributed by atoms with E-state index in [1.54, 1.807) is 55.6 Å². The van der Waals surface area contributed by atoms with Crippen molar-refractivity contribution in [3.63, 3.8) is 0 Å². The number of aromatic nitrogens is 2. The van der Waals surface area contributed by atoms with Gasteiger partial charge in [0.2, 0.25) is 5.82 Å². The smallest absolute Gasteiger partial charge is 0.315 e. The lowest BCUT2D eigenvalue weighted by Crippen LogP contribution is -2.37. The third-order valence-corrected chi connectivity index (χ3v) is 6.46. The maximum absolute atomic E-state index is 13.2. The van der Waals surface area contributed by atoms with E-state index in [2.05, 4.69) is 8.75 Å². The first-order valence-corrected chi connectivity index (χ1v) is 11.8. The average Bonchev–Trinajstić information content (AvgIpc) is 3.45. The molecular formula is C24H22N4O6S. The lowest BCUT2D eigenvalue weighted by molar-refractivity contribution is -0.135. The number of fused-ring (bicyclic) bond motifs is 1. The van der Waals surface area contributed by atoms with Crippen molar-refractivity contribution in [1.29, 1.82) is 0 Å². The molecule has 3 aromatic rings. The number of methoxy groups -OCH3 is 1. The molecule has 2 amide bonds. The Morgan fingerprint density at radius 3 is 2.31 bits per heavy atom. The summed E-state index contributed by atoms with van der Waals surface area (Å²) in [5, 5.41) is 0. The van der Waals surface area contributed by atoms with E-state index in [9.17, 15) is 14.4 Å². The zero-order valence-electron chi connectivity index (χ0n) is 18.9. The fourth-order valence-corrected chi connectivity index (χ4v) is 4.70. The Hall–Kier alpha value is -3.83. The van der Waals surface area contributed by atoms with Gasteiger partial charge in [0.05, 0.1) is 55.6 Å². The van der Waals surface area contributed by atoms with E-state index in [-0.39, 0.29) is 12.3 Å². The third-order valence-electron chi connectivity index (χ3n) is 5.96. The van der Waals surface area contributed by atoms with Gasteiger partial charge in [-0.05, 0) is 29.8 Å². The predicted octanol–water partition coefficient (Wildman–Crippen LogP) is 2.72. The van der Waals surface area contributed by atoms with Crippen molar-refractivity contribution in [2.24, 2.45) is 0 Å². The Bertz CT molecular complexity index is 1220. The van der Waals surface area contributed by atoms with Gasteiger partial charge < -0.3 is 19.1 Å². The molecule has 35 heavy (non-hydrogen) atoms. The van der Waals surface area contributed by atoms with Crippen LogP contribution in [0.1, 0.15) is 38.7 Å². The zero-order valence-corrected chi connectivity index (χ0v) is 19.7. The van der Waals surface area contributed by atoms with Gasteiger partial charge in [-0.25, -0.2) is 0 Å². The van der Waals surface area contributed by atoms with Crippen LogP contribution in [0.2, 0.25) is 0 Å². The lowest BCUT2D eigenvalue weighted by atomic mass is 10.0. The van der Waals surface area contributed by atoms with Crippen LogP contribution in [0.4, 0.5) is 5.82 Å². The molecule has 2 aliphatic rings. The molecule has 180 valence electrons. The van der Waals surface area contributed by atoms with Crippen LogP contribution >= 0.6 is 11.7 Å². The number of rotatable bonds is 7. The van der Waals surface area contributed by atoms with Crippen molar-refractivity contribution in [2.45, 2.75) is 12.5 Å². The monoisotopic (exact) mass is 494 g/mol. The molecule has 2 aromatic carbocycles. The van der Waals surface area contributed by atoms with E-state index < -0.39 is 23.8 Å². The van der Waals surface area contributed by atoms with E-state index in [1.165, 1.54) is 0 Å². The number of benzene rings is 2. The molecule has 0 N–H and O–H groups in total. The molecule has 1 aromatic heterocycles. The molecule has 10 nitrogen and oxygen atoms in total. The van der Waals surface area contributed by atoms with Crippen molar-refractivity contribution >= 4 is 35.3 Å². The van der Waals surface area contributed by atoms with E-state index in [1.807, 2.05) is 4.90 Å². The zero-order chi connectivity index (χ0) is 24.4. The number of carbonyl (C=O) groups excluding carboxylic acids is 3. The summed E-state index contributed by atoms with van der Waals surface area (Å²) in [7, 11) is 1.54. The van der Waals surface area contributed by atoms with Gasteiger partial charge in [-0.3, -0.25) is 19.3 Å². The minimum atomic E-state index is -0.876. The van der Waals surface area contributed by atoms with Crippen LogP contribution in [0.25, 0.3) is 0 Å². The molecule has 5 rings (SSSR count). The van der Waals surface area contributed by atoms with Gasteiger partial charge in [0.1, 0.15) is 5.75 Å². The number of hydrogen-bond donors (Lipinski definition) is 0. The number of hydrogen-bond acceptors (Lipinski definition) is 10. The molecular weight excluding hydrogens is 472 g/mol. The minimum absolute atomic E-state index is 0.109. The van der Waals surface area contributed by atoms with Crippen LogP contribution < -0.4 is 14.4 Å². The maximum Gasteiger partial charge on any atom is 0.315 e. The molecule has 1 atom stereocenters. The van der Waals surface area contributed by atoms with Crippen LogP contribution in [-0.2, 0) is 9.53 Å². The second kappa shape index (κ2) is 9.80. The second-order valence-corrected chi connectivity index (χ2v) is 8.51. The van der Waals surface area contributed by atoms with Gasteiger partial charge in [-0.1, -0.05) is 24.3 Å². The Morgan fingerprint density at radius 2 is 1.69 bits per heavy atom. The Morgan fingerprint density at radius 1 is 1.03 bits per heavy atom. The van der Waals surface area contributed by atoms with E-state index in [4.69, 9.17) is 14.2 Å². The molecule has 11 heteroatoms. The maximum atomic E-state index is 13.2. The van der Waals surface area contributed by atoms with Crippen LogP contribution in [0, 0.1) is 0 Å². The van der Waals surface area contributed by atoms with E-state index in [0.717, 1.165) is 16.6 Å². The number of esters is 1. The van der Waals surface area contributed by atoms with Gasteiger partial charge >= 0.3 is 5.97 Å². The fourth-order valence-electron chi connectivity index (χ4n) is 4.19. The number of ether oxygens (including phenoxy) is 3. The summed E-state index contributed by atoms with van der Waals surface area (Å²) >= 11 is 0.947. The van der Waals surface area contributed by atoms with Crippen molar-refractivity contribution in [3.8, 4) is 11.6 Å². The first-order valence-electron chi connectivity index (χ1n) is 11.0. The first kappa shape index (κ1) is 22.9. The number of carbonyl (C=O) groups is 3. The lowest BCUT2D eigenvalue weighted by Gasteiger charge is -2.27. The number of nitrogens with zero attached hydrogens (tertiary/aromatic N) is 4. The second-order valence-electron chi connectivity index (χ2n) is 7.99. The van der Waals surface area contributed by atoms with Gasteiger partial charge in [-0.15, -0.1) is 4.37 Å². The van der Waals surface area contributed by atoms with Gasteiger partial charge in [-0.2, -0.15) is 4.37 Å². The quantitative estimate of drug-likeness (QED) is 0.361. The molecule has 0 saturated carbocycles. The summed E-state index contributed by atoms with van der Waals surface area (Å²) in [6.45, 7) is 2.31. The number of anilines is 1. The highest BCUT2D eigenvalue weighted by Gasteiger charge is 2.41. The summed E-state index contributed by atoms with van der Waals surface area (Å²) < 4.78 is 24.6. The van der Waals surface area contributed by atoms with Crippen molar-refractivity contribution in [1.82, 2.24) is 13.6 Å². The number of amides is 2. The highest BCUT2D eigenvalue weighted by molar-refractivity contribution is 6.99. The van der Waals surface area contributed by atoms with Crippen LogP contribution in [0.5, 0.6) is 11.6 Å². The van der Waals surface area contributed by atoms with Gasteiger partial charge in [0.25, 0.3) is 17.7 Å². The Labute approximate surface area is 205 Å². The van der Waals surface area contributed by atoms with E-state index in [0.29, 0.717) is 54.6 Å². The molecule has 0 bridgehead atoms. The predicted molar refractivity (Wildman–Crippen MR) is 126 cm³/mol. The van der Waals surface area contributed by atoms with Crippen molar-refractivity contribution < 1.29 is 28.6 Å². The van der Waals surface area contributed by atoms with Crippen LogP contribution in [0.15, 0.2) is 48.5 Å². The standard InChI is InChI=1S/C24H22N4O6S/c1-32-16-8-6-15(7-9-16)19(28-23(30)17-4-2-3-5-18(17)24(28)31)14-20(29)34-22-21(25-35-26-22)27-10-12-33-13-11-27/h2-9,19H,10-14H2,1H3. The highest BCUT2D eigenvalue weighted by Crippen LogP contribution is 2.35. The van der Waals surface area contributed by atoms with Gasteiger partial charge in [0, 0.05) is 13.1 Å². The minimum Gasteiger partial charge on any atom is -0.497 e. The third kappa shape index (κ3) is 4.47. The topological polar surface area (TPSA) is 111 Å². The largest absolute Gasteiger partial charge is 0.497 e. The summed E-state index contributed by atoms with van der Waals surface area (Å²) in [4.78, 5) is 42.5. The molecule has 1 fully saturated rings. The average molecular weight is 495 g/mol. The molecule has 0 spiro atoms.